The molecule has 0 spiro atoms. The van der Waals surface area contributed by atoms with Crippen molar-refractivity contribution < 1.29 is 33.4 Å². The SMILES string of the molecule is C=C(C)C(=O)OCNC(=O)NCOC(=O)NCc1ccc(NC(=O)OCCC)cc1. The predicted molar refractivity (Wildman–Crippen MR) is 107 cm³/mol. The van der Waals surface area contributed by atoms with Gasteiger partial charge in [-0.2, -0.15) is 0 Å². The molecule has 0 fully saturated rings. The molecule has 11 heteroatoms. The van der Waals surface area contributed by atoms with Gasteiger partial charge >= 0.3 is 24.2 Å². The van der Waals surface area contributed by atoms with Crippen molar-refractivity contribution in [1.82, 2.24) is 16.0 Å². The summed E-state index contributed by atoms with van der Waals surface area (Å²) in [5.41, 5.74) is 1.54. The van der Waals surface area contributed by atoms with Gasteiger partial charge in [0.05, 0.1) is 6.61 Å². The molecule has 0 aliphatic rings. The first kappa shape index (κ1) is 24.3. The number of amides is 4. The third-order valence-corrected chi connectivity index (χ3v) is 3.29. The number of rotatable bonds is 10. The molecule has 0 radical (unpaired) electrons. The van der Waals surface area contributed by atoms with Crippen molar-refractivity contribution in [2.75, 3.05) is 25.4 Å². The molecule has 0 bridgehead atoms. The van der Waals surface area contributed by atoms with Crippen LogP contribution in [-0.4, -0.2) is 44.3 Å². The summed E-state index contributed by atoms with van der Waals surface area (Å²) in [6.07, 6.45) is -0.537. The number of esters is 1. The third kappa shape index (κ3) is 10.5. The molecule has 0 atom stereocenters. The van der Waals surface area contributed by atoms with Gasteiger partial charge in [-0.3, -0.25) is 5.32 Å². The molecule has 0 aliphatic carbocycles. The van der Waals surface area contributed by atoms with Crippen LogP contribution in [-0.2, 0) is 25.5 Å². The maximum absolute atomic E-state index is 11.6. The summed E-state index contributed by atoms with van der Waals surface area (Å²) >= 11 is 0. The maximum Gasteiger partial charge on any atom is 0.411 e. The molecule has 0 saturated heterocycles. The maximum atomic E-state index is 11.6. The fraction of sp³-hybridized carbons (Fsp3) is 0.368. The highest BCUT2D eigenvalue weighted by Crippen LogP contribution is 2.10. The molecule has 4 N–H and O–H groups in total. The van der Waals surface area contributed by atoms with Crippen LogP contribution in [0.5, 0.6) is 0 Å². The summed E-state index contributed by atoms with van der Waals surface area (Å²) in [5.74, 6) is -0.633. The van der Waals surface area contributed by atoms with E-state index in [9.17, 15) is 19.2 Å². The van der Waals surface area contributed by atoms with Crippen LogP contribution in [0.4, 0.5) is 20.1 Å². The first-order chi connectivity index (χ1) is 14.3. The number of ether oxygens (including phenoxy) is 3. The van der Waals surface area contributed by atoms with Crippen molar-refractivity contribution in [3.05, 3.63) is 42.0 Å². The van der Waals surface area contributed by atoms with Crippen LogP contribution in [0.15, 0.2) is 36.4 Å². The highest BCUT2D eigenvalue weighted by Gasteiger charge is 2.07. The van der Waals surface area contributed by atoms with E-state index in [1.165, 1.54) is 6.92 Å². The van der Waals surface area contributed by atoms with E-state index in [2.05, 4.69) is 32.6 Å². The number of carbonyl (C=O) groups is 4. The minimum absolute atomic E-state index is 0.183. The Morgan fingerprint density at radius 2 is 1.53 bits per heavy atom. The van der Waals surface area contributed by atoms with Crippen LogP contribution in [0.25, 0.3) is 0 Å². The molecule has 0 aromatic heterocycles. The van der Waals surface area contributed by atoms with Gasteiger partial charge in [0.15, 0.2) is 13.5 Å². The lowest BCUT2D eigenvalue weighted by atomic mass is 10.2. The van der Waals surface area contributed by atoms with Crippen LogP contribution in [0.2, 0.25) is 0 Å². The summed E-state index contributed by atoms with van der Waals surface area (Å²) in [6, 6.07) is 6.09. The average molecular weight is 422 g/mol. The van der Waals surface area contributed by atoms with Gasteiger partial charge in [-0.25, -0.2) is 19.2 Å². The van der Waals surface area contributed by atoms with E-state index in [0.29, 0.717) is 12.3 Å². The van der Waals surface area contributed by atoms with Gasteiger partial charge < -0.3 is 30.2 Å². The first-order valence-electron chi connectivity index (χ1n) is 9.09. The van der Waals surface area contributed by atoms with Crippen LogP contribution in [0.1, 0.15) is 25.8 Å². The van der Waals surface area contributed by atoms with Crippen molar-refractivity contribution in [3.63, 3.8) is 0 Å². The number of alkyl carbamates (subject to hydrolysis) is 1. The minimum atomic E-state index is -0.741. The van der Waals surface area contributed by atoms with Crippen LogP contribution < -0.4 is 21.3 Å². The number of nitrogens with one attached hydrogen (secondary N) is 4. The Balaban J connectivity index is 2.20. The molecule has 11 nitrogen and oxygen atoms in total. The van der Waals surface area contributed by atoms with Gasteiger partial charge in [-0.05, 0) is 31.0 Å². The van der Waals surface area contributed by atoms with Gasteiger partial charge in [-0.15, -0.1) is 0 Å². The number of anilines is 1. The van der Waals surface area contributed by atoms with Crippen LogP contribution in [0.3, 0.4) is 0 Å². The summed E-state index contributed by atoms with van der Waals surface area (Å²) in [5, 5.41) is 9.59. The number of urea groups is 1. The second-order valence-electron chi connectivity index (χ2n) is 5.93. The Bertz CT molecular complexity index is 750. The van der Waals surface area contributed by atoms with E-state index in [1.807, 2.05) is 6.92 Å². The van der Waals surface area contributed by atoms with Crippen molar-refractivity contribution >= 4 is 29.9 Å². The molecule has 0 heterocycles. The number of hydrogen-bond donors (Lipinski definition) is 4. The van der Waals surface area contributed by atoms with Gasteiger partial charge in [0.2, 0.25) is 0 Å². The van der Waals surface area contributed by atoms with E-state index in [-0.39, 0.29) is 25.6 Å². The Kier molecular flexibility index (Phi) is 10.9. The molecule has 0 saturated carbocycles. The zero-order chi connectivity index (χ0) is 22.4. The quantitative estimate of drug-likeness (QED) is 0.196. The van der Waals surface area contributed by atoms with Crippen LogP contribution in [0, 0.1) is 0 Å². The molecule has 0 aliphatic heterocycles. The van der Waals surface area contributed by atoms with E-state index >= 15 is 0 Å². The van der Waals surface area contributed by atoms with Crippen molar-refractivity contribution in [2.24, 2.45) is 0 Å². The zero-order valence-corrected chi connectivity index (χ0v) is 16.9. The lowest BCUT2D eigenvalue weighted by Crippen LogP contribution is -2.40. The molecule has 164 valence electrons. The standard InChI is InChI=1S/C19H26N4O7/c1-4-9-28-19(27)23-15-7-5-14(6-8-15)10-20-18(26)30-12-22-17(25)21-11-29-16(24)13(2)3/h5-8H,2,4,9-12H2,1,3H3,(H,20,26)(H,23,27)(H2,21,22,25). The summed E-state index contributed by atoms with van der Waals surface area (Å²) in [7, 11) is 0. The lowest BCUT2D eigenvalue weighted by Gasteiger charge is -2.10. The predicted octanol–water partition coefficient (Wildman–Crippen LogP) is 2.20. The fourth-order valence-electron chi connectivity index (χ4n) is 1.80. The van der Waals surface area contributed by atoms with Crippen LogP contribution >= 0.6 is 0 Å². The Morgan fingerprint density at radius 1 is 0.900 bits per heavy atom. The third-order valence-electron chi connectivity index (χ3n) is 3.29. The van der Waals surface area contributed by atoms with E-state index in [1.54, 1.807) is 24.3 Å². The van der Waals surface area contributed by atoms with Gasteiger partial charge in [0, 0.05) is 17.8 Å². The smallest absolute Gasteiger partial charge is 0.411 e. The van der Waals surface area contributed by atoms with Gasteiger partial charge in [0.1, 0.15) is 0 Å². The van der Waals surface area contributed by atoms with E-state index in [4.69, 9.17) is 9.47 Å². The highest BCUT2D eigenvalue weighted by molar-refractivity contribution is 5.87. The molecule has 1 aromatic rings. The van der Waals surface area contributed by atoms with Gasteiger partial charge in [-0.1, -0.05) is 25.6 Å². The molecule has 4 amide bonds. The number of benzene rings is 1. The zero-order valence-electron chi connectivity index (χ0n) is 16.9. The molecular weight excluding hydrogens is 396 g/mol. The normalized spacial score (nSPS) is 9.67. The average Bonchev–Trinajstić information content (AvgIpc) is 2.71. The highest BCUT2D eigenvalue weighted by atomic mass is 16.6. The summed E-state index contributed by atoms with van der Waals surface area (Å²) in [6.45, 7) is 6.58. The Labute approximate surface area is 174 Å². The largest absolute Gasteiger partial charge is 0.449 e. The molecule has 1 aromatic carbocycles. The van der Waals surface area contributed by atoms with E-state index in [0.717, 1.165) is 12.0 Å². The Hall–Kier alpha value is -3.76. The first-order valence-corrected chi connectivity index (χ1v) is 9.09. The second kappa shape index (κ2) is 13.4. The second-order valence-corrected chi connectivity index (χ2v) is 5.93. The van der Waals surface area contributed by atoms with Gasteiger partial charge in [0.25, 0.3) is 0 Å². The lowest BCUT2D eigenvalue weighted by molar-refractivity contribution is -0.139. The molecule has 0 unspecified atom stereocenters. The Morgan fingerprint density at radius 3 is 2.13 bits per heavy atom. The number of hydrogen-bond acceptors (Lipinski definition) is 7. The van der Waals surface area contributed by atoms with E-state index < -0.39 is 24.2 Å². The number of carbonyl (C=O) groups excluding carboxylic acids is 4. The summed E-state index contributed by atoms with van der Waals surface area (Å²) < 4.78 is 14.4. The van der Waals surface area contributed by atoms with Crippen molar-refractivity contribution in [1.29, 1.82) is 0 Å². The van der Waals surface area contributed by atoms with Crippen molar-refractivity contribution in [2.45, 2.75) is 26.8 Å². The van der Waals surface area contributed by atoms with Crippen molar-refractivity contribution in [3.8, 4) is 0 Å². The topological polar surface area (TPSA) is 144 Å². The molecule has 30 heavy (non-hydrogen) atoms. The minimum Gasteiger partial charge on any atom is -0.449 e. The molecule has 1 rings (SSSR count). The fourth-order valence-corrected chi connectivity index (χ4v) is 1.80. The molecular formula is C19H26N4O7. The summed E-state index contributed by atoms with van der Waals surface area (Å²) in [4.78, 5) is 45.7. The monoisotopic (exact) mass is 422 g/mol.